The van der Waals surface area contributed by atoms with Crippen LogP contribution in [0.3, 0.4) is 0 Å². The summed E-state index contributed by atoms with van der Waals surface area (Å²) in [5.41, 5.74) is -0.122. The highest BCUT2D eigenvalue weighted by molar-refractivity contribution is 7.98. The van der Waals surface area contributed by atoms with Crippen molar-refractivity contribution < 1.29 is 9.72 Å². The molecule has 0 atom stereocenters. The fraction of sp³-hybridized carbons (Fsp3) is 0.364. The van der Waals surface area contributed by atoms with E-state index in [1.807, 2.05) is 6.26 Å². The van der Waals surface area contributed by atoms with Crippen LogP contribution in [0.1, 0.15) is 16.8 Å². The van der Waals surface area contributed by atoms with E-state index in [-0.39, 0.29) is 22.2 Å². The highest BCUT2D eigenvalue weighted by Crippen LogP contribution is 2.27. The molecular formula is C11H13ClN2O3S. The van der Waals surface area contributed by atoms with Crippen molar-refractivity contribution in [1.82, 2.24) is 5.32 Å². The average molecular weight is 289 g/mol. The molecule has 7 heteroatoms. The Hall–Kier alpha value is -1.27. The van der Waals surface area contributed by atoms with Crippen molar-refractivity contribution in [2.75, 3.05) is 18.6 Å². The number of hydrogen-bond acceptors (Lipinski definition) is 4. The van der Waals surface area contributed by atoms with Crippen LogP contribution in [0.15, 0.2) is 18.2 Å². The van der Waals surface area contributed by atoms with E-state index < -0.39 is 4.92 Å². The molecule has 0 fully saturated rings. The number of carbonyl (C=O) groups is 1. The Morgan fingerprint density at radius 2 is 2.28 bits per heavy atom. The van der Waals surface area contributed by atoms with Crippen LogP contribution in [0.2, 0.25) is 5.02 Å². The first-order valence-electron chi connectivity index (χ1n) is 5.28. The number of nitrogens with one attached hydrogen (secondary N) is 1. The van der Waals surface area contributed by atoms with Gasteiger partial charge in [0.15, 0.2) is 0 Å². The lowest BCUT2D eigenvalue weighted by atomic mass is 10.2. The van der Waals surface area contributed by atoms with Crippen LogP contribution in [0.25, 0.3) is 0 Å². The lowest BCUT2D eigenvalue weighted by Gasteiger charge is -2.06. The van der Waals surface area contributed by atoms with Crippen LogP contribution in [0.5, 0.6) is 0 Å². The number of nitrogens with zero attached hydrogens (tertiary/aromatic N) is 1. The summed E-state index contributed by atoms with van der Waals surface area (Å²) in [6.07, 6.45) is 2.83. The zero-order valence-electron chi connectivity index (χ0n) is 9.81. The number of hydrogen-bond donors (Lipinski definition) is 1. The molecule has 1 N–H and O–H groups in total. The van der Waals surface area contributed by atoms with Crippen molar-refractivity contribution in [3.8, 4) is 0 Å². The van der Waals surface area contributed by atoms with Gasteiger partial charge in [0.05, 0.1) is 10.5 Å². The Labute approximate surface area is 114 Å². The first kappa shape index (κ1) is 14.8. The molecule has 0 heterocycles. The summed E-state index contributed by atoms with van der Waals surface area (Å²) >= 11 is 7.52. The van der Waals surface area contributed by atoms with Gasteiger partial charge in [-0.05, 0) is 24.5 Å². The number of thioether (sulfide) groups is 1. The van der Waals surface area contributed by atoms with Gasteiger partial charge in [0.2, 0.25) is 0 Å². The van der Waals surface area contributed by atoms with Gasteiger partial charge in [-0.2, -0.15) is 11.8 Å². The first-order chi connectivity index (χ1) is 8.57. The van der Waals surface area contributed by atoms with E-state index in [9.17, 15) is 14.9 Å². The predicted octanol–water partition coefficient (Wildman–Crippen LogP) is 2.73. The van der Waals surface area contributed by atoms with Crippen molar-refractivity contribution in [2.45, 2.75) is 6.42 Å². The topological polar surface area (TPSA) is 72.2 Å². The van der Waals surface area contributed by atoms with Gasteiger partial charge in [0.25, 0.3) is 11.6 Å². The molecule has 0 aromatic heterocycles. The van der Waals surface area contributed by atoms with Gasteiger partial charge in [-0.1, -0.05) is 17.7 Å². The monoisotopic (exact) mass is 288 g/mol. The predicted molar refractivity (Wildman–Crippen MR) is 73.4 cm³/mol. The second-order valence-corrected chi connectivity index (χ2v) is 4.86. The molecule has 0 saturated carbocycles. The van der Waals surface area contributed by atoms with E-state index in [0.717, 1.165) is 12.2 Å². The molecule has 0 unspecified atom stereocenters. The minimum Gasteiger partial charge on any atom is -0.352 e. The largest absolute Gasteiger partial charge is 0.352 e. The van der Waals surface area contributed by atoms with E-state index in [0.29, 0.717) is 6.54 Å². The summed E-state index contributed by atoms with van der Waals surface area (Å²) in [7, 11) is 0. The number of benzene rings is 1. The highest BCUT2D eigenvalue weighted by Gasteiger charge is 2.19. The molecule has 0 aliphatic carbocycles. The lowest BCUT2D eigenvalue weighted by Crippen LogP contribution is -2.25. The molecule has 0 saturated heterocycles. The number of rotatable bonds is 6. The van der Waals surface area contributed by atoms with Gasteiger partial charge in [-0.25, -0.2) is 0 Å². The Bertz CT molecular complexity index is 454. The summed E-state index contributed by atoms with van der Waals surface area (Å²) in [5.74, 6) is 0.563. The second kappa shape index (κ2) is 7.23. The second-order valence-electron chi connectivity index (χ2n) is 3.50. The van der Waals surface area contributed by atoms with Gasteiger partial charge in [-0.3, -0.25) is 14.9 Å². The maximum atomic E-state index is 11.8. The normalized spacial score (nSPS) is 10.1. The summed E-state index contributed by atoms with van der Waals surface area (Å²) in [6.45, 7) is 0.526. The molecule has 98 valence electrons. The van der Waals surface area contributed by atoms with Gasteiger partial charge in [-0.15, -0.1) is 0 Å². The molecule has 1 aromatic rings. The van der Waals surface area contributed by atoms with Crippen molar-refractivity contribution >= 4 is 35.0 Å². The Balaban J connectivity index is 2.74. The van der Waals surface area contributed by atoms with E-state index in [1.165, 1.54) is 18.2 Å². The van der Waals surface area contributed by atoms with E-state index in [4.69, 9.17) is 11.6 Å². The van der Waals surface area contributed by atoms with Crippen LogP contribution in [-0.2, 0) is 0 Å². The molecule has 5 nitrogen and oxygen atoms in total. The summed E-state index contributed by atoms with van der Waals surface area (Å²) in [6, 6.07) is 4.19. The molecule has 18 heavy (non-hydrogen) atoms. The molecule has 0 radical (unpaired) electrons. The van der Waals surface area contributed by atoms with Crippen molar-refractivity contribution in [3.05, 3.63) is 38.9 Å². The number of nitro groups is 1. The van der Waals surface area contributed by atoms with Crippen LogP contribution in [0, 0.1) is 10.1 Å². The zero-order chi connectivity index (χ0) is 13.5. The number of halogens is 1. The maximum absolute atomic E-state index is 11.8. The lowest BCUT2D eigenvalue weighted by molar-refractivity contribution is -0.384. The third kappa shape index (κ3) is 3.89. The number of nitro benzene ring substituents is 1. The molecule has 0 spiro atoms. The fourth-order valence-corrected chi connectivity index (χ4v) is 2.06. The Kier molecular flexibility index (Phi) is 5.94. The van der Waals surface area contributed by atoms with Crippen molar-refractivity contribution in [1.29, 1.82) is 0 Å². The van der Waals surface area contributed by atoms with Gasteiger partial charge in [0.1, 0.15) is 5.02 Å². The van der Waals surface area contributed by atoms with E-state index in [2.05, 4.69) is 5.32 Å². The molecule has 1 aromatic carbocycles. The van der Waals surface area contributed by atoms with Crippen LogP contribution in [0.4, 0.5) is 5.69 Å². The third-order valence-corrected chi connectivity index (χ3v) is 3.32. The van der Waals surface area contributed by atoms with E-state index >= 15 is 0 Å². The molecule has 1 rings (SSSR count). The minimum atomic E-state index is -0.604. The highest BCUT2D eigenvalue weighted by atomic mass is 35.5. The van der Waals surface area contributed by atoms with Gasteiger partial charge < -0.3 is 5.32 Å². The average Bonchev–Trinajstić information content (AvgIpc) is 2.34. The van der Waals surface area contributed by atoms with Gasteiger partial charge in [0, 0.05) is 12.6 Å². The van der Waals surface area contributed by atoms with E-state index in [1.54, 1.807) is 11.8 Å². The Morgan fingerprint density at radius 1 is 1.56 bits per heavy atom. The van der Waals surface area contributed by atoms with Crippen LogP contribution >= 0.6 is 23.4 Å². The maximum Gasteiger partial charge on any atom is 0.288 e. The minimum absolute atomic E-state index is 0.120. The zero-order valence-corrected chi connectivity index (χ0v) is 11.4. The SMILES string of the molecule is CSCCCNC(=O)c1cccc([N+](=O)[O-])c1Cl. The summed E-state index contributed by atoms with van der Waals surface area (Å²) in [4.78, 5) is 21.9. The van der Waals surface area contributed by atoms with Crippen molar-refractivity contribution in [2.24, 2.45) is 0 Å². The molecule has 0 aliphatic rings. The summed E-state index contributed by atoms with van der Waals surface area (Å²) in [5, 5.41) is 13.2. The number of amides is 1. The van der Waals surface area contributed by atoms with Gasteiger partial charge >= 0.3 is 0 Å². The molecular weight excluding hydrogens is 276 g/mol. The molecule has 1 amide bonds. The van der Waals surface area contributed by atoms with Crippen LogP contribution < -0.4 is 5.32 Å². The number of carbonyl (C=O) groups excluding carboxylic acids is 1. The molecule has 0 bridgehead atoms. The smallest absolute Gasteiger partial charge is 0.288 e. The first-order valence-corrected chi connectivity index (χ1v) is 7.05. The molecule has 0 aliphatic heterocycles. The fourth-order valence-electron chi connectivity index (χ4n) is 1.35. The summed E-state index contributed by atoms with van der Waals surface area (Å²) < 4.78 is 0. The third-order valence-electron chi connectivity index (χ3n) is 2.23. The van der Waals surface area contributed by atoms with Crippen molar-refractivity contribution in [3.63, 3.8) is 0 Å². The quantitative estimate of drug-likeness (QED) is 0.496. The van der Waals surface area contributed by atoms with Crippen LogP contribution in [-0.4, -0.2) is 29.4 Å². The Morgan fingerprint density at radius 3 is 2.89 bits per heavy atom. The standard InChI is InChI=1S/C11H13ClN2O3S/c1-18-7-3-6-13-11(15)8-4-2-5-9(10(8)12)14(16)17/h2,4-5H,3,6-7H2,1H3,(H,13,15).